The first kappa shape index (κ1) is 22.9. The molecule has 0 saturated heterocycles. The summed E-state index contributed by atoms with van der Waals surface area (Å²) in [6.45, 7) is 11.8. The zero-order valence-corrected chi connectivity index (χ0v) is 18.5. The maximum absolute atomic E-state index is 13.1. The molecule has 1 N–H and O–H groups in total. The lowest BCUT2D eigenvalue weighted by atomic mass is 9.92. The third-order valence-electron chi connectivity index (χ3n) is 4.97. The Morgan fingerprint density at radius 1 is 1.17 bits per heavy atom. The van der Waals surface area contributed by atoms with Gasteiger partial charge in [0, 0.05) is 17.5 Å². The molecule has 0 aliphatic rings. The quantitative estimate of drug-likeness (QED) is 0.574. The Bertz CT molecular complexity index is 1080. The number of rotatable bonds is 6. The predicted octanol–water partition coefficient (Wildman–Crippen LogP) is 4.42. The smallest absolute Gasteiger partial charge is 0.280 e. The van der Waals surface area contributed by atoms with Crippen molar-refractivity contribution >= 4 is 5.91 Å². The molecule has 1 heterocycles. The van der Waals surface area contributed by atoms with E-state index in [9.17, 15) is 9.59 Å². The van der Waals surface area contributed by atoms with E-state index in [0.29, 0.717) is 11.4 Å². The van der Waals surface area contributed by atoms with Crippen LogP contribution in [0, 0.1) is 31.1 Å². The Morgan fingerprint density at radius 2 is 1.80 bits per heavy atom. The number of carbonyl (C=O) groups excluding carboxylic acids is 1. The van der Waals surface area contributed by atoms with Crippen molar-refractivity contribution in [3.8, 4) is 18.0 Å². The number of para-hydroxylation sites is 1. The first-order chi connectivity index (χ1) is 14.2. The molecule has 0 radical (unpaired) electrons. The second-order valence-corrected chi connectivity index (χ2v) is 7.83. The van der Waals surface area contributed by atoms with Crippen LogP contribution >= 0.6 is 0 Å². The molecule has 0 spiro atoms. The molecular formula is C25H29N3O2. The maximum Gasteiger partial charge on any atom is 0.280 e. The van der Waals surface area contributed by atoms with E-state index in [-0.39, 0.29) is 17.5 Å². The van der Waals surface area contributed by atoms with Crippen LogP contribution in [0.1, 0.15) is 50.8 Å². The van der Waals surface area contributed by atoms with E-state index in [2.05, 4.69) is 16.3 Å². The van der Waals surface area contributed by atoms with Gasteiger partial charge in [-0.1, -0.05) is 51.8 Å². The fourth-order valence-electron chi connectivity index (χ4n) is 3.01. The lowest BCUT2D eigenvalue weighted by molar-refractivity contribution is 0.0957. The summed E-state index contributed by atoms with van der Waals surface area (Å²) in [6.07, 6.45) is 7.18. The lowest BCUT2D eigenvalue weighted by Crippen LogP contribution is -2.33. The molecule has 5 nitrogen and oxygen atoms in total. The van der Waals surface area contributed by atoms with E-state index in [1.165, 1.54) is 6.07 Å². The third kappa shape index (κ3) is 5.15. The molecule has 0 aliphatic carbocycles. The van der Waals surface area contributed by atoms with Crippen LogP contribution in [0.2, 0.25) is 0 Å². The van der Waals surface area contributed by atoms with Gasteiger partial charge in [0.25, 0.3) is 5.91 Å². The zero-order valence-electron chi connectivity index (χ0n) is 18.5. The molecule has 0 fully saturated rings. The molecule has 5 heteroatoms. The molecule has 0 bridgehead atoms. The van der Waals surface area contributed by atoms with Crippen LogP contribution in [0.25, 0.3) is 5.69 Å². The van der Waals surface area contributed by atoms with Gasteiger partial charge in [-0.3, -0.25) is 9.59 Å². The Labute approximate surface area is 178 Å². The Morgan fingerprint density at radius 3 is 2.33 bits per heavy atom. The number of aryl methyl sites for hydroxylation is 1. The predicted molar refractivity (Wildman–Crippen MR) is 121 cm³/mol. The van der Waals surface area contributed by atoms with E-state index in [1.807, 2.05) is 65.0 Å². The number of carbonyl (C=O) groups is 1. The van der Waals surface area contributed by atoms with Crippen LogP contribution in [0.15, 0.2) is 64.1 Å². The summed E-state index contributed by atoms with van der Waals surface area (Å²) in [5, 5.41) is 7.28. The first-order valence-electron chi connectivity index (χ1n) is 10.0. The number of nitrogens with one attached hydrogen (secondary N) is 1. The van der Waals surface area contributed by atoms with Gasteiger partial charge in [0.15, 0.2) is 5.69 Å². The van der Waals surface area contributed by atoms with Gasteiger partial charge in [-0.15, -0.1) is 6.42 Å². The van der Waals surface area contributed by atoms with Crippen molar-refractivity contribution in [2.45, 2.75) is 41.5 Å². The Hall–Kier alpha value is -3.39. The van der Waals surface area contributed by atoms with Crippen molar-refractivity contribution in [3.63, 3.8) is 0 Å². The second-order valence-electron chi connectivity index (χ2n) is 7.83. The van der Waals surface area contributed by atoms with Crippen molar-refractivity contribution in [3.05, 3.63) is 80.9 Å². The van der Waals surface area contributed by atoms with Gasteiger partial charge in [-0.2, -0.15) is 5.10 Å². The van der Waals surface area contributed by atoms with E-state index in [1.54, 1.807) is 17.7 Å². The van der Waals surface area contributed by atoms with Crippen molar-refractivity contribution in [1.82, 2.24) is 15.1 Å². The first-order valence-corrected chi connectivity index (χ1v) is 10.0. The number of benzene rings is 1. The molecule has 1 aromatic carbocycles. The fourth-order valence-corrected chi connectivity index (χ4v) is 3.01. The minimum Gasteiger partial charge on any atom is -0.320 e. The summed E-state index contributed by atoms with van der Waals surface area (Å²) < 4.78 is 1.59. The highest BCUT2D eigenvalue weighted by Gasteiger charge is 2.21. The standard InChI is InChI=1S/C25H29N3O2/c1-8-12-21(17(4)5)23(19(7)16(2)3)26-25(30)24-22(29)15-18(6)28(27-24)20-13-10-9-11-14-20/h1,9-17H,2-7H3,(H,26,30)/b21-12-,23-19-. The fraction of sp³-hybridized carbons (Fsp3) is 0.320. The summed E-state index contributed by atoms with van der Waals surface area (Å²) in [5.41, 5.74) is 3.30. The topological polar surface area (TPSA) is 64.0 Å². The normalized spacial score (nSPS) is 12.6. The van der Waals surface area contributed by atoms with Crippen molar-refractivity contribution in [2.75, 3.05) is 0 Å². The average Bonchev–Trinajstić information content (AvgIpc) is 2.70. The summed E-state index contributed by atoms with van der Waals surface area (Å²) in [7, 11) is 0. The number of amides is 1. The molecule has 0 saturated carbocycles. The molecule has 0 aliphatic heterocycles. The lowest BCUT2D eigenvalue weighted by Gasteiger charge is -2.21. The maximum atomic E-state index is 13.1. The van der Waals surface area contributed by atoms with Gasteiger partial charge < -0.3 is 5.32 Å². The highest BCUT2D eigenvalue weighted by atomic mass is 16.2. The van der Waals surface area contributed by atoms with Crippen LogP contribution < -0.4 is 10.7 Å². The monoisotopic (exact) mass is 403 g/mol. The molecule has 1 aromatic heterocycles. The van der Waals surface area contributed by atoms with Gasteiger partial charge >= 0.3 is 0 Å². The minimum absolute atomic E-state index is 0.0944. The number of terminal acetylenes is 1. The van der Waals surface area contributed by atoms with Crippen molar-refractivity contribution < 1.29 is 4.79 Å². The van der Waals surface area contributed by atoms with Crippen LogP contribution in [-0.4, -0.2) is 15.7 Å². The van der Waals surface area contributed by atoms with Crippen LogP contribution in [0.3, 0.4) is 0 Å². The Kier molecular flexibility index (Phi) is 7.54. The number of allylic oxidation sites excluding steroid dienone is 3. The molecule has 2 rings (SSSR count). The third-order valence-corrected chi connectivity index (χ3v) is 4.97. The van der Waals surface area contributed by atoms with E-state index >= 15 is 0 Å². The average molecular weight is 404 g/mol. The molecule has 0 atom stereocenters. The Balaban J connectivity index is 2.56. The van der Waals surface area contributed by atoms with Crippen LogP contribution in [0.5, 0.6) is 0 Å². The summed E-state index contributed by atoms with van der Waals surface area (Å²) in [6, 6.07) is 10.8. The SMILES string of the molecule is C#C/C=C(\C(NC(=O)c1nn(-c2ccccc2)c(C)cc1=O)=C(/C)C(C)C)C(C)C. The summed E-state index contributed by atoms with van der Waals surface area (Å²) in [4.78, 5) is 25.7. The molecular weight excluding hydrogens is 374 g/mol. The molecule has 0 unspecified atom stereocenters. The summed E-state index contributed by atoms with van der Waals surface area (Å²) >= 11 is 0. The number of hydrogen-bond donors (Lipinski definition) is 1. The largest absolute Gasteiger partial charge is 0.320 e. The van der Waals surface area contributed by atoms with E-state index in [0.717, 1.165) is 16.8 Å². The number of aromatic nitrogens is 2. The van der Waals surface area contributed by atoms with Crippen LogP contribution in [-0.2, 0) is 0 Å². The second kappa shape index (κ2) is 9.89. The van der Waals surface area contributed by atoms with E-state index in [4.69, 9.17) is 6.42 Å². The molecule has 156 valence electrons. The molecule has 30 heavy (non-hydrogen) atoms. The molecule has 2 aromatic rings. The van der Waals surface area contributed by atoms with Crippen molar-refractivity contribution in [1.29, 1.82) is 0 Å². The van der Waals surface area contributed by atoms with Crippen LogP contribution in [0.4, 0.5) is 0 Å². The van der Waals surface area contributed by atoms with Gasteiger partial charge in [0.2, 0.25) is 5.43 Å². The van der Waals surface area contributed by atoms with Crippen molar-refractivity contribution in [2.24, 2.45) is 11.8 Å². The summed E-state index contributed by atoms with van der Waals surface area (Å²) in [5.74, 6) is 2.29. The van der Waals surface area contributed by atoms with Gasteiger partial charge in [-0.05, 0) is 55.0 Å². The molecule has 1 amide bonds. The zero-order chi connectivity index (χ0) is 22.4. The van der Waals surface area contributed by atoms with E-state index < -0.39 is 11.3 Å². The van der Waals surface area contributed by atoms with Gasteiger partial charge in [0.1, 0.15) is 0 Å². The highest BCUT2D eigenvalue weighted by molar-refractivity contribution is 5.93. The van der Waals surface area contributed by atoms with Gasteiger partial charge in [0.05, 0.1) is 5.69 Å². The highest BCUT2D eigenvalue weighted by Crippen LogP contribution is 2.24. The minimum atomic E-state index is -0.553. The number of nitrogens with zero attached hydrogens (tertiary/aromatic N) is 2. The number of hydrogen-bond acceptors (Lipinski definition) is 3. The van der Waals surface area contributed by atoms with Gasteiger partial charge in [-0.25, -0.2) is 4.68 Å².